The number of benzene rings is 2. The molecule has 0 unspecified atom stereocenters. The predicted molar refractivity (Wildman–Crippen MR) is 115 cm³/mol. The van der Waals surface area contributed by atoms with E-state index in [2.05, 4.69) is 15.7 Å². The SMILES string of the molecule is CCCn1nc(C(=O)Nc2ccc(OCC(=O)NCC)cc2)c2ccccc2c1=O. The first-order valence-corrected chi connectivity index (χ1v) is 9.84. The van der Waals surface area contributed by atoms with Crippen molar-refractivity contribution in [3.8, 4) is 5.75 Å². The first-order valence-electron chi connectivity index (χ1n) is 9.84. The molecule has 0 fully saturated rings. The summed E-state index contributed by atoms with van der Waals surface area (Å²) in [7, 11) is 0. The van der Waals surface area contributed by atoms with Gasteiger partial charge in [0.25, 0.3) is 17.4 Å². The van der Waals surface area contributed by atoms with Crippen LogP contribution in [0.2, 0.25) is 0 Å². The topological polar surface area (TPSA) is 102 Å². The minimum atomic E-state index is -0.410. The number of aryl methyl sites for hydroxylation is 1. The van der Waals surface area contributed by atoms with Gasteiger partial charge in [-0.25, -0.2) is 4.68 Å². The Morgan fingerprint density at radius 2 is 1.73 bits per heavy atom. The minimum absolute atomic E-state index is 0.0750. The molecular formula is C22H24N4O4. The van der Waals surface area contributed by atoms with Crippen molar-refractivity contribution in [2.24, 2.45) is 0 Å². The van der Waals surface area contributed by atoms with Crippen LogP contribution in [-0.2, 0) is 11.3 Å². The quantitative estimate of drug-likeness (QED) is 0.596. The van der Waals surface area contributed by atoms with Crippen molar-refractivity contribution in [1.82, 2.24) is 15.1 Å². The van der Waals surface area contributed by atoms with Gasteiger partial charge >= 0.3 is 0 Å². The minimum Gasteiger partial charge on any atom is -0.484 e. The third-order valence-corrected chi connectivity index (χ3v) is 4.37. The lowest BCUT2D eigenvalue weighted by Gasteiger charge is -2.11. The van der Waals surface area contributed by atoms with Gasteiger partial charge < -0.3 is 15.4 Å². The fourth-order valence-electron chi connectivity index (χ4n) is 2.99. The van der Waals surface area contributed by atoms with E-state index in [-0.39, 0.29) is 23.8 Å². The van der Waals surface area contributed by atoms with E-state index in [1.807, 2.05) is 13.8 Å². The second-order valence-corrected chi connectivity index (χ2v) is 6.64. The Kier molecular flexibility index (Phi) is 6.79. The van der Waals surface area contributed by atoms with Crippen molar-refractivity contribution in [2.75, 3.05) is 18.5 Å². The van der Waals surface area contributed by atoms with Crippen LogP contribution in [0.15, 0.2) is 53.3 Å². The Labute approximate surface area is 173 Å². The van der Waals surface area contributed by atoms with Gasteiger partial charge in [-0.05, 0) is 43.7 Å². The Hall–Kier alpha value is -3.68. The van der Waals surface area contributed by atoms with E-state index >= 15 is 0 Å². The molecule has 3 rings (SSSR count). The van der Waals surface area contributed by atoms with Gasteiger partial charge in [-0.2, -0.15) is 5.10 Å². The highest BCUT2D eigenvalue weighted by atomic mass is 16.5. The van der Waals surface area contributed by atoms with E-state index in [1.165, 1.54) is 4.68 Å². The average molecular weight is 408 g/mol. The van der Waals surface area contributed by atoms with Gasteiger partial charge in [-0.3, -0.25) is 14.4 Å². The molecule has 0 saturated heterocycles. The number of nitrogens with zero attached hydrogens (tertiary/aromatic N) is 2. The van der Waals surface area contributed by atoms with Crippen molar-refractivity contribution >= 4 is 28.3 Å². The van der Waals surface area contributed by atoms with E-state index in [9.17, 15) is 14.4 Å². The molecule has 0 saturated carbocycles. The number of amides is 2. The zero-order valence-corrected chi connectivity index (χ0v) is 17.0. The third-order valence-electron chi connectivity index (χ3n) is 4.37. The van der Waals surface area contributed by atoms with Crippen LogP contribution >= 0.6 is 0 Å². The van der Waals surface area contributed by atoms with Gasteiger partial charge in [0.05, 0.1) is 5.39 Å². The Bertz CT molecular complexity index is 1110. The monoisotopic (exact) mass is 408 g/mol. The third kappa shape index (κ3) is 4.83. The number of hydrogen-bond donors (Lipinski definition) is 2. The summed E-state index contributed by atoms with van der Waals surface area (Å²) in [5.74, 6) is -0.0959. The second kappa shape index (κ2) is 9.69. The number of hydrogen-bond acceptors (Lipinski definition) is 5. The van der Waals surface area contributed by atoms with Gasteiger partial charge in [-0.15, -0.1) is 0 Å². The molecular weight excluding hydrogens is 384 g/mol. The van der Waals surface area contributed by atoms with Crippen LogP contribution in [0, 0.1) is 0 Å². The number of rotatable bonds is 8. The number of ether oxygens (including phenoxy) is 1. The lowest BCUT2D eigenvalue weighted by atomic mass is 10.1. The number of fused-ring (bicyclic) bond motifs is 1. The van der Waals surface area contributed by atoms with E-state index in [1.54, 1.807) is 48.5 Å². The smallest absolute Gasteiger partial charge is 0.276 e. The van der Waals surface area contributed by atoms with Crippen LogP contribution in [0.25, 0.3) is 10.8 Å². The van der Waals surface area contributed by atoms with Gasteiger partial charge in [0.2, 0.25) is 0 Å². The summed E-state index contributed by atoms with van der Waals surface area (Å²) in [4.78, 5) is 36.9. The maximum atomic E-state index is 12.9. The lowest BCUT2D eigenvalue weighted by molar-refractivity contribution is -0.122. The standard InChI is InChI=1S/C22H24N4O4/c1-3-13-26-22(29)18-8-6-5-7-17(18)20(25-26)21(28)24-15-9-11-16(12-10-15)30-14-19(27)23-4-2/h5-12H,3-4,13-14H2,1-2H3,(H,23,27)(H,24,28). The van der Waals surface area contributed by atoms with Gasteiger partial charge in [-0.1, -0.05) is 25.1 Å². The number of aromatic nitrogens is 2. The van der Waals surface area contributed by atoms with E-state index in [4.69, 9.17) is 4.74 Å². The van der Waals surface area contributed by atoms with Crippen molar-refractivity contribution in [2.45, 2.75) is 26.8 Å². The summed E-state index contributed by atoms with van der Waals surface area (Å²) in [6.45, 7) is 4.68. The van der Waals surface area contributed by atoms with Crippen molar-refractivity contribution in [3.63, 3.8) is 0 Å². The number of carbonyl (C=O) groups is 2. The number of likely N-dealkylation sites (N-methyl/N-ethyl adjacent to an activating group) is 1. The van der Waals surface area contributed by atoms with E-state index in [0.29, 0.717) is 35.3 Å². The molecule has 2 aromatic carbocycles. The molecule has 0 atom stereocenters. The van der Waals surface area contributed by atoms with Gasteiger partial charge in [0.1, 0.15) is 5.75 Å². The molecule has 2 N–H and O–H groups in total. The Balaban J connectivity index is 1.79. The predicted octanol–water partition coefficient (Wildman–Crippen LogP) is 2.57. The van der Waals surface area contributed by atoms with Crippen LogP contribution < -0.4 is 20.9 Å². The molecule has 0 spiro atoms. The maximum absolute atomic E-state index is 12.9. The number of nitrogens with one attached hydrogen (secondary N) is 2. The van der Waals surface area contributed by atoms with Crippen LogP contribution in [0.5, 0.6) is 5.75 Å². The first kappa shape index (κ1) is 21.0. The first-order chi connectivity index (χ1) is 14.5. The molecule has 1 heterocycles. The second-order valence-electron chi connectivity index (χ2n) is 6.64. The summed E-state index contributed by atoms with van der Waals surface area (Å²) in [5.41, 5.74) is 0.525. The summed E-state index contributed by atoms with van der Waals surface area (Å²) in [6, 6.07) is 13.6. The molecule has 0 aliphatic rings. The molecule has 156 valence electrons. The Morgan fingerprint density at radius 3 is 2.40 bits per heavy atom. The molecule has 3 aromatic rings. The number of anilines is 1. The van der Waals surface area contributed by atoms with E-state index < -0.39 is 5.91 Å². The summed E-state index contributed by atoms with van der Waals surface area (Å²) in [5, 5.41) is 10.7. The highest BCUT2D eigenvalue weighted by molar-refractivity contribution is 6.11. The molecule has 0 radical (unpaired) electrons. The highest BCUT2D eigenvalue weighted by Gasteiger charge is 2.16. The molecule has 2 amide bonds. The zero-order chi connectivity index (χ0) is 21.5. The highest BCUT2D eigenvalue weighted by Crippen LogP contribution is 2.18. The van der Waals surface area contributed by atoms with Gasteiger partial charge in [0.15, 0.2) is 12.3 Å². The largest absolute Gasteiger partial charge is 0.484 e. The normalized spacial score (nSPS) is 10.6. The Morgan fingerprint density at radius 1 is 1.03 bits per heavy atom. The molecule has 1 aromatic heterocycles. The van der Waals surface area contributed by atoms with Crippen LogP contribution in [-0.4, -0.2) is 34.7 Å². The van der Waals surface area contributed by atoms with Crippen molar-refractivity contribution in [1.29, 1.82) is 0 Å². The van der Waals surface area contributed by atoms with E-state index in [0.717, 1.165) is 6.42 Å². The van der Waals surface area contributed by atoms with Crippen LogP contribution in [0.3, 0.4) is 0 Å². The van der Waals surface area contributed by atoms with Crippen LogP contribution in [0.4, 0.5) is 5.69 Å². The lowest BCUT2D eigenvalue weighted by Crippen LogP contribution is -2.28. The maximum Gasteiger partial charge on any atom is 0.276 e. The van der Waals surface area contributed by atoms with Crippen molar-refractivity contribution in [3.05, 3.63) is 64.6 Å². The molecule has 0 aliphatic carbocycles. The van der Waals surface area contributed by atoms with Crippen LogP contribution in [0.1, 0.15) is 30.8 Å². The van der Waals surface area contributed by atoms with Gasteiger partial charge in [0, 0.05) is 24.2 Å². The molecule has 0 bridgehead atoms. The fraction of sp³-hybridized carbons (Fsp3) is 0.273. The fourth-order valence-corrected chi connectivity index (χ4v) is 2.99. The summed E-state index contributed by atoms with van der Waals surface area (Å²) < 4.78 is 6.73. The average Bonchev–Trinajstić information content (AvgIpc) is 2.75. The van der Waals surface area contributed by atoms with Crippen molar-refractivity contribution < 1.29 is 14.3 Å². The molecule has 0 aliphatic heterocycles. The number of carbonyl (C=O) groups excluding carboxylic acids is 2. The molecule has 30 heavy (non-hydrogen) atoms. The molecule has 8 nitrogen and oxygen atoms in total. The zero-order valence-electron chi connectivity index (χ0n) is 17.0. The summed E-state index contributed by atoms with van der Waals surface area (Å²) >= 11 is 0. The molecule has 8 heteroatoms. The summed E-state index contributed by atoms with van der Waals surface area (Å²) in [6.07, 6.45) is 0.726.